The fourth-order valence-corrected chi connectivity index (χ4v) is 3.23. The molecule has 0 aliphatic carbocycles. The molecule has 0 spiro atoms. The van der Waals surface area contributed by atoms with Crippen molar-refractivity contribution < 1.29 is 9.90 Å². The van der Waals surface area contributed by atoms with E-state index in [1.807, 2.05) is 36.4 Å². The van der Waals surface area contributed by atoms with E-state index in [0.29, 0.717) is 10.8 Å². The molecule has 0 atom stereocenters. The van der Waals surface area contributed by atoms with E-state index in [2.05, 4.69) is 20.3 Å². The van der Waals surface area contributed by atoms with Crippen LogP contribution in [0, 0.1) is 0 Å². The number of anilines is 1. The van der Waals surface area contributed by atoms with Gasteiger partial charge in [-0.1, -0.05) is 18.2 Å². The Morgan fingerprint density at radius 1 is 1.04 bits per heavy atom. The molecule has 1 aromatic carbocycles. The van der Waals surface area contributed by atoms with E-state index in [0.717, 1.165) is 27.8 Å². The summed E-state index contributed by atoms with van der Waals surface area (Å²) in [5.41, 5.74) is 1.52. The molecule has 0 radical (unpaired) electrons. The van der Waals surface area contributed by atoms with Gasteiger partial charge < -0.3 is 10.4 Å². The first kappa shape index (κ1) is 15.2. The van der Waals surface area contributed by atoms with Crippen LogP contribution < -0.4 is 5.32 Å². The molecular formula is C18H12N4O2S. The van der Waals surface area contributed by atoms with E-state index < -0.39 is 5.91 Å². The quantitative estimate of drug-likeness (QED) is 0.589. The van der Waals surface area contributed by atoms with Gasteiger partial charge in [0.15, 0.2) is 4.88 Å². The second-order valence-corrected chi connectivity index (χ2v) is 6.26. The van der Waals surface area contributed by atoms with Crippen LogP contribution in [0.15, 0.2) is 60.9 Å². The number of nitrogens with one attached hydrogen (secondary N) is 1. The minimum atomic E-state index is -0.451. The summed E-state index contributed by atoms with van der Waals surface area (Å²) in [7, 11) is 0. The predicted molar refractivity (Wildman–Crippen MR) is 96.7 cm³/mol. The van der Waals surface area contributed by atoms with Crippen molar-refractivity contribution in [3.8, 4) is 16.5 Å². The number of aromatic hydroxyl groups is 1. The lowest BCUT2D eigenvalue weighted by Gasteiger charge is -2.04. The van der Waals surface area contributed by atoms with Crippen LogP contribution in [-0.2, 0) is 0 Å². The van der Waals surface area contributed by atoms with Gasteiger partial charge in [-0.15, -0.1) is 11.3 Å². The maximum atomic E-state index is 12.5. The van der Waals surface area contributed by atoms with Crippen molar-refractivity contribution in [3.63, 3.8) is 0 Å². The molecule has 0 saturated carbocycles. The van der Waals surface area contributed by atoms with Crippen LogP contribution in [0.25, 0.3) is 21.5 Å². The molecule has 0 saturated heterocycles. The number of amides is 1. The summed E-state index contributed by atoms with van der Waals surface area (Å²) >= 11 is 1.10. The van der Waals surface area contributed by atoms with E-state index >= 15 is 0 Å². The predicted octanol–water partition coefficient (Wildman–Crippen LogP) is 3.71. The highest BCUT2D eigenvalue weighted by molar-refractivity contribution is 7.17. The van der Waals surface area contributed by atoms with Crippen LogP contribution in [0.4, 0.5) is 5.82 Å². The number of para-hydroxylation sites is 1. The smallest absolute Gasteiger partial charge is 0.272 e. The van der Waals surface area contributed by atoms with Crippen LogP contribution in [0.2, 0.25) is 0 Å². The Labute approximate surface area is 146 Å². The minimum Gasteiger partial charge on any atom is -0.492 e. The topological polar surface area (TPSA) is 88.0 Å². The fraction of sp³-hybridized carbons (Fsp3) is 0. The van der Waals surface area contributed by atoms with Crippen molar-refractivity contribution in [2.24, 2.45) is 0 Å². The zero-order valence-electron chi connectivity index (χ0n) is 12.9. The summed E-state index contributed by atoms with van der Waals surface area (Å²) < 4.78 is 0. The molecule has 3 heterocycles. The number of fused-ring (bicyclic) bond motifs is 1. The molecule has 2 N–H and O–H groups in total. The summed E-state index contributed by atoms with van der Waals surface area (Å²) in [6.07, 6.45) is 3.28. The fourth-order valence-electron chi connectivity index (χ4n) is 2.38. The number of nitrogens with zero attached hydrogens (tertiary/aromatic N) is 3. The van der Waals surface area contributed by atoms with E-state index in [1.165, 1.54) is 0 Å². The van der Waals surface area contributed by atoms with Gasteiger partial charge in [-0.25, -0.2) is 9.97 Å². The number of thiazole rings is 1. The largest absolute Gasteiger partial charge is 0.492 e. The van der Waals surface area contributed by atoms with E-state index in [9.17, 15) is 9.90 Å². The summed E-state index contributed by atoms with van der Waals surface area (Å²) in [4.78, 5) is 25.1. The average molecular weight is 348 g/mol. The summed E-state index contributed by atoms with van der Waals surface area (Å²) in [5, 5.41) is 14.2. The minimum absolute atomic E-state index is 0.133. The van der Waals surface area contributed by atoms with Crippen LogP contribution >= 0.6 is 11.3 Å². The maximum Gasteiger partial charge on any atom is 0.272 e. The van der Waals surface area contributed by atoms with Gasteiger partial charge in [0.2, 0.25) is 5.88 Å². The number of aromatic nitrogens is 3. The highest BCUT2D eigenvalue weighted by atomic mass is 32.1. The zero-order valence-corrected chi connectivity index (χ0v) is 13.7. The molecule has 25 heavy (non-hydrogen) atoms. The second-order valence-electron chi connectivity index (χ2n) is 5.26. The Bertz CT molecular complexity index is 1060. The van der Waals surface area contributed by atoms with Crippen LogP contribution in [0.1, 0.15) is 9.67 Å². The van der Waals surface area contributed by atoms with E-state index in [4.69, 9.17) is 0 Å². The van der Waals surface area contributed by atoms with Gasteiger partial charge in [-0.2, -0.15) is 0 Å². The molecule has 7 heteroatoms. The van der Waals surface area contributed by atoms with Gasteiger partial charge in [0.05, 0.1) is 5.52 Å². The molecule has 0 aliphatic rings. The molecule has 4 rings (SSSR count). The molecular weight excluding hydrogens is 336 g/mol. The van der Waals surface area contributed by atoms with E-state index in [1.54, 1.807) is 24.5 Å². The summed E-state index contributed by atoms with van der Waals surface area (Å²) in [6.45, 7) is 0. The lowest BCUT2D eigenvalue weighted by Crippen LogP contribution is -2.11. The van der Waals surface area contributed by atoms with Gasteiger partial charge in [0.25, 0.3) is 5.91 Å². The molecule has 0 unspecified atom stereocenters. The third kappa shape index (κ3) is 3.05. The normalized spacial score (nSPS) is 10.7. The SMILES string of the molecule is O=C(Nc1ccc2ccccc2n1)c1sc(-c2cccnc2)nc1O. The van der Waals surface area contributed by atoms with Gasteiger partial charge in [-0.3, -0.25) is 9.78 Å². The van der Waals surface area contributed by atoms with Gasteiger partial charge >= 0.3 is 0 Å². The lowest BCUT2D eigenvalue weighted by molar-refractivity contribution is 0.102. The molecule has 0 fully saturated rings. The van der Waals surface area contributed by atoms with Crippen molar-refractivity contribution in [2.45, 2.75) is 0 Å². The van der Waals surface area contributed by atoms with Gasteiger partial charge in [0, 0.05) is 23.3 Å². The first-order chi connectivity index (χ1) is 12.2. The highest BCUT2D eigenvalue weighted by Crippen LogP contribution is 2.31. The van der Waals surface area contributed by atoms with Crippen molar-refractivity contribution in [1.29, 1.82) is 0 Å². The van der Waals surface area contributed by atoms with Gasteiger partial charge in [0.1, 0.15) is 10.8 Å². The van der Waals surface area contributed by atoms with Crippen molar-refractivity contribution in [2.75, 3.05) is 5.32 Å². The first-order valence-corrected chi connectivity index (χ1v) is 8.30. The number of benzene rings is 1. The van der Waals surface area contributed by atoms with Crippen LogP contribution in [-0.4, -0.2) is 26.0 Å². The molecule has 0 aliphatic heterocycles. The number of hydrogen-bond acceptors (Lipinski definition) is 6. The standard InChI is InChI=1S/C18H12N4O2S/c23-16(21-14-8-7-11-4-1-2-6-13(11)20-14)15-17(24)22-18(25-15)12-5-3-9-19-10-12/h1-10,24H,(H,20,21,23). The Balaban J connectivity index is 1.61. The third-order valence-corrected chi connectivity index (χ3v) is 4.66. The zero-order chi connectivity index (χ0) is 17.2. The number of hydrogen-bond donors (Lipinski definition) is 2. The molecule has 4 aromatic rings. The Morgan fingerprint density at radius 2 is 1.92 bits per heavy atom. The Kier molecular flexibility index (Phi) is 3.83. The lowest BCUT2D eigenvalue weighted by atomic mass is 10.2. The first-order valence-electron chi connectivity index (χ1n) is 7.48. The average Bonchev–Trinajstić information content (AvgIpc) is 3.04. The molecule has 1 amide bonds. The molecule has 3 aromatic heterocycles. The number of rotatable bonds is 3. The number of carbonyl (C=O) groups excluding carboxylic acids is 1. The maximum absolute atomic E-state index is 12.5. The highest BCUT2D eigenvalue weighted by Gasteiger charge is 2.19. The summed E-state index contributed by atoms with van der Waals surface area (Å²) in [5.74, 6) is -0.338. The van der Waals surface area contributed by atoms with Gasteiger partial charge in [-0.05, 0) is 30.3 Å². The van der Waals surface area contributed by atoms with Crippen LogP contribution in [0.3, 0.4) is 0 Å². The molecule has 0 bridgehead atoms. The second kappa shape index (κ2) is 6.29. The van der Waals surface area contributed by atoms with Crippen molar-refractivity contribution in [1.82, 2.24) is 15.0 Å². The van der Waals surface area contributed by atoms with Crippen molar-refractivity contribution >= 4 is 34.0 Å². The summed E-state index contributed by atoms with van der Waals surface area (Å²) in [6, 6.07) is 14.8. The third-order valence-electron chi connectivity index (χ3n) is 3.56. The number of pyridine rings is 2. The number of carbonyl (C=O) groups is 1. The van der Waals surface area contributed by atoms with E-state index in [-0.39, 0.29) is 10.8 Å². The Morgan fingerprint density at radius 3 is 2.76 bits per heavy atom. The Hall–Kier alpha value is -3.32. The van der Waals surface area contributed by atoms with Crippen molar-refractivity contribution in [3.05, 3.63) is 65.8 Å². The molecule has 122 valence electrons. The monoisotopic (exact) mass is 348 g/mol. The van der Waals surface area contributed by atoms with Crippen LogP contribution in [0.5, 0.6) is 5.88 Å². The molecule has 6 nitrogen and oxygen atoms in total.